The number of nitrogen functional groups attached to an aromatic ring is 2. The Balaban J connectivity index is 1.49. The van der Waals surface area contributed by atoms with Crippen molar-refractivity contribution in [3.63, 3.8) is 0 Å². The topological polar surface area (TPSA) is 55.3 Å². The summed E-state index contributed by atoms with van der Waals surface area (Å²) >= 11 is 0. The summed E-state index contributed by atoms with van der Waals surface area (Å²) in [7, 11) is 0. The van der Waals surface area contributed by atoms with Gasteiger partial charge in [-0.2, -0.15) is 0 Å². The van der Waals surface area contributed by atoms with Crippen LogP contribution in [0.25, 0.3) is 0 Å². The Morgan fingerprint density at radius 3 is 1.79 bits per heavy atom. The standard InChI is InChI=1S/C26H29N3/c27-24-13-7-12-23(25(24)28)20-16-21-14-15-22(17-20)29(21)26(18-8-3-1-4-9-18)19-10-5-2-6-11-19/h1-13,20-22,26H,14-17,27-28H2/t20-,21+,22-. The molecule has 2 aliphatic heterocycles. The highest BCUT2D eigenvalue weighted by Crippen LogP contribution is 2.49. The van der Waals surface area contributed by atoms with Gasteiger partial charge < -0.3 is 11.5 Å². The minimum atomic E-state index is 0.314. The maximum atomic E-state index is 6.36. The van der Waals surface area contributed by atoms with Crippen molar-refractivity contribution in [2.45, 2.75) is 49.7 Å². The molecule has 3 aromatic carbocycles. The Morgan fingerprint density at radius 1 is 0.690 bits per heavy atom. The number of rotatable bonds is 4. The molecule has 3 nitrogen and oxygen atoms in total. The van der Waals surface area contributed by atoms with E-state index < -0.39 is 0 Å². The number of hydrogen-bond donors (Lipinski definition) is 2. The molecule has 0 spiro atoms. The van der Waals surface area contributed by atoms with E-state index in [-0.39, 0.29) is 0 Å². The molecule has 148 valence electrons. The molecule has 3 atom stereocenters. The summed E-state index contributed by atoms with van der Waals surface area (Å²) < 4.78 is 0. The summed E-state index contributed by atoms with van der Waals surface area (Å²) in [6.45, 7) is 0. The summed E-state index contributed by atoms with van der Waals surface area (Å²) in [5.41, 5.74) is 18.0. The molecule has 0 amide bonds. The number of para-hydroxylation sites is 1. The zero-order valence-corrected chi connectivity index (χ0v) is 16.7. The van der Waals surface area contributed by atoms with E-state index in [0.717, 1.165) is 18.5 Å². The van der Waals surface area contributed by atoms with Crippen LogP contribution in [-0.4, -0.2) is 17.0 Å². The molecule has 2 fully saturated rings. The van der Waals surface area contributed by atoms with Gasteiger partial charge in [-0.3, -0.25) is 4.90 Å². The van der Waals surface area contributed by atoms with Crippen molar-refractivity contribution in [2.75, 3.05) is 11.5 Å². The Morgan fingerprint density at radius 2 is 1.24 bits per heavy atom. The van der Waals surface area contributed by atoms with Gasteiger partial charge in [-0.15, -0.1) is 0 Å². The number of benzene rings is 3. The second-order valence-corrected chi connectivity index (χ2v) is 8.57. The van der Waals surface area contributed by atoms with E-state index >= 15 is 0 Å². The average Bonchev–Trinajstić information content (AvgIpc) is 3.00. The number of fused-ring (bicyclic) bond motifs is 2. The van der Waals surface area contributed by atoms with Crippen LogP contribution in [0.1, 0.15) is 54.3 Å². The minimum absolute atomic E-state index is 0.314. The number of hydrogen-bond acceptors (Lipinski definition) is 3. The average molecular weight is 384 g/mol. The second kappa shape index (κ2) is 7.57. The van der Waals surface area contributed by atoms with Crippen LogP contribution in [0.2, 0.25) is 0 Å². The largest absolute Gasteiger partial charge is 0.397 e. The Bertz CT molecular complexity index is 916. The lowest BCUT2D eigenvalue weighted by Crippen LogP contribution is -2.45. The van der Waals surface area contributed by atoms with Crippen LogP contribution in [0.4, 0.5) is 11.4 Å². The number of anilines is 2. The maximum absolute atomic E-state index is 6.36. The lowest BCUT2D eigenvalue weighted by atomic mass is 9.82. The van der Waals surface area contributed by atoms with Gasteiger partial charge in [-0.25, -0.2) is 0 Å². The van der Waals surface area contributed by atoms with Gasteiger partial charge in [-0.1, -0.05) is 72.8 Å². The van der Waals surface area contributed by atoms with Crippen molar-refractivity contribution in [3.05, 3.63) is 95.6 Å². The molecule has 4 N–H and O–H groups in total. The van der Waals surface area contributed by atoms with Crippen molar-refractivity contribution < 1.29 is 0 Å². The van der Waals surface area contributed by atoms with Gasteiger partial charge in [0.25, 0.3) is 0 Å². The molecule has 2 heterocycles. The molecule has 0 aromatic heterocycles. The van der Waals surface area contributed by atoms with E-state index in [1.54, 1.807) is 0 Å². The van der Waals surface area contributed by atoms with Gasteiger partial charge in [0.2, 0.25) is 0 Å². The molecule has 0 saturated carbocycles. The first-order chi connectivity index (χ1) is 14.2. The molecule has 0 radical (unpaired) electrons. The molecule has 0 unspecified atom stereocenters. The number of nitrogens with two attached hydrogens (primary N) is 2. The minimum Gasteiger partial charge on any atom is -0.397 e. The van der Waals surface area contributed by atoms with Crippen molar-refractivity contribution >= 4 is 11.4 Å². The van der Waals surface area contributed by atoms with Gasteiger partial charge >= 0.3 is 0 Å². The highest BCUT2D eigenvalue weighted by molar-refractivity contribution is 5.68. The molecule has 3 heteroatoms. The zero-order valence-electron chi connectivity index (χ0n) is 16.7. The Kier molecular flexibility index (Phi) is 4.76. The van der Waals surface area contributed by atoms with Gasteiger partial charge in [-0.05, 0) is 54.4 Å². The quantitative estimate of drug-likeness (QED) is 0.597. The van der Waals surface area contributed by atoms with Gasteiger partial charge in [0.15, 0.2) is 0 Å². The predicted octanol–water partition coefficient (Wildman–Crippen LogP) is 5.35. The lowest BCUT2D eigenvalue weighted by molar-refractivity contribution is 0.0936. The fourth-order valence-electron chi connectivity index (χ4n) is 5.65. The summed E-state index contributed by atoms with van der Waals surface area (Å²) in [6, 6.07) is 29.6. The number of nitrogens with zero attached hydrogens (tertiary/aromatic N) is 1. The highest BCUT2D eigenvalue weighted by atomic mass is 15.2. The molecular weight excluding hydrogens is 354 g/mol. The zero-order chi connectivity index (χ0) is 19.8. The number of piperidine rings is 1. The molecule has 0 aliphatic carbocycles. The molecule has 2 bridgehead atoms. The van der Waals surface area contributed by atoms with Crippen molar-refractivity contribution in [1.29, 1.82) is 0 Å². The third-order valence-corrected chi connectivity index (χ3v) is 6.93. The van der Waals surface area contributed by atoms with E-state index in [2.05, 4.69) is 71.6 Å². The van der Waals surface area contributed by atoms with Crippen LogP contribution in [0.5, 0.6) is 0 Å². The normalized spacial score (nSPS) is 24.1. The fraction of sp³-hybridized carbons (Fsp3) is 0.308. The summed E-state index contributed by atoms with van der Waals surface area (Å²) in [4.78, 5) is 2.80. The van der Waals surface area contributed by atoms with Crippen LogP contribution in [0, 0.1) is 0 Å². The van der Waals surface area contributed by atoms with Crippen LogP contribution in [-0.2, 0) is 0 Å². The second-order valence-electron chi connectivity index (χ2n) is 8.57. The summed E-state index contributed by atoms with van der Waals surface area (Å²) in [6.07, 6.45) is 4.83. The van der Waals surface area contributed by atoms with Gasteiger partial charge in [0, 0.05) is 12.1 Å². The monoisotopic (exact) mass is 383 g/mol. The molecular formula is C26H29N3. The first kappa shape index (κ1) is 18.3. The van der Waals surface area contributed by atoms with Gasteiger partial charge in [0.1, 0.15) is 0 Å². The molecule has 2 aliphatic rings. The Hall–Kier alpha value is -2.78. The van der Waals surface area contributed by atoms with E-state index in [1.807, 2.05) is 12.1 Å². The summed E-state index contributed by atoms with van der Waals surface area (Å²) in [5, 5.41) is 0. The fourth-order valence-corrected chi connectivity index (χ4v) is 5.65. The molecule has 2 saturated heterocycles. The van der Waals surface area contributed by atoms with Crippen LogP contribution < -0.4 is 11.5 Å². The molecule has 3 aromatic rings. The predicted molar refractivity (Wildman–Crippen MR) is 121 cm³/mol. The maximum Gasteiger partial charge on any atom is 0.0606 e. The summed E-state index contributed by atoms with van der Waals surface area (Å²) in [5.74, 6) is 0.499. The van der Waals surface area contributed by atoms with Crippen LogP contribution in [0.3, 0.4) is 0 Å². The van der Waals surface area contributed by atoms with E-state index in [0.29, 0.717) is 29.7 Å². The molecule has 29 heavy (non-hydrogen) atoms. The van der Waals surface area contributed by atoms with E-state index in [9.17, 15) is 0 Å². The highest BCUT2D eigenvalue weighted by Gasteiger charge is 2.45. The van der Waals surface area contributed by atoms with Crippen molar-refractivity contribution in [3.8, 4) is 0 Å². The third-order valence-electron chi connectivity index (χ3n) is 6.93. The third kappa shape index (κ3) is 3.30. The van der Waals surface area contributed by atoms with Crippen LogP contribution in [0.15, 0.2) is 78.9 Å². The first-order valence-electron chi connectivity index (χ1n) is 10.7. The Labute approximate surface area is 173 Å². The van der Waals surface area contributed by atoms with Crippen LogP contribution >= 0.6 is 0 Å². The SMILES string of the molecule is Nc1cccc([C@H]2C[C@H]3CC[C@@H](C2)N3C(c2ccccc2)c2ccccc2)c1N. The van der Waals surface area contributed by atoms with Crippen molar-refractivity contribution in [2.24, 2.45) is 0 Å². The lowest BCUT2D eigenvalue weighted by Gasteiger charge is -2.44. The first-order valence-corrected chi connectivity index (χ1v) is 10.7. The van der Waals surface area contributed by atoms with Crippen molar-refractivity contribution in [1.82, 2.24) is 4.90 Å². The van der Waals surface area contributed by atoms with E-state index in [1.165, 1.54) is 29.5 Å². The van der Waals surface area contributed by atoms with E-state index in [4.69, 9.17) is 11.5 Å². The van der Waals surface area contributed by atoms with Gasteiger partial charge in [0.05, 0.1) is 17.4 Å². The molecule has 5 rings (SSSR count). The smallest absolute Gasteiger partial charge is 0.0606 e.